The third-order valence-electron chi connectivity index (χ3n) is 2.20. The number of carbonyl (C=O) groups excluding carboxylic acids is 1. The van der Waals surface area contributed by atoms with Gasteiger partial charge in [0.2, 0.25) is 5.91 Å². The minimum Gasteiger partial charge on any atom is -0.497 e. The molecule has 4 nitrogen and oxygen atoms in total. The number of amides is 1. The summed E-state index contributed by atoms with van der Waals surface area (Å²) in [7, 11) is 1.60. The van der Waals surface area contributed by atoms with Crippen LogP contribution in [0.25, 0.3) is 0 Å². The average molecular weight is 223 g/mol. The molecule has 1 atom stereocenters. The number of methoxy groups -OCH3 is 1. The van der Waals surface area contributed by atoms with Crippen molar-refractivity contribution < 1.29 is 14.6 Å². The van der Waals surface area contributed by atoms with Gasteiger partial charge in [-0.25, -0.2) is 0 Å². The van der Waals surface area contributed by atoms with E-state index in [0.29, 0.717) is 6.42 Å². The molecule has 0 spiro atoms. The van der Waals surface area contributed by atoms with E-state index in [-0.39, 0.29) is 18.6 Å². The fourth-order valence-corrected chi connectivity index (χ4v) is 1.30. The second kappa shape index (κ2) is 6.12. The molecule has 16 heavy (non-hydrogen) atoms. The molecule has 0 unspecified atom stereocenters. The van der Waals surface area contributed by atoms with E-state index < -0.39 is 0 Å². The van der Waals surface area contributed by atoms with Crippen molar-refractivity contribution in [3.63, 3.8) is 0 Å². The van der Waals surface area contributed by atoms with Crippen molar-refractivity contribution in [1.82, 2.24) is 5.32 Å². The molecule has 0 saturated carbocycles. The molecule has 88 valence electrons. The molecule has 0 fully saturated rings. The number of rotatable bonds is 5. The molecule has 1 aromatic rings. The third kappa shape index (κ3) is 3.90. The number of ether oxygens (including phenoxy) is 1. The lowest BCUT2D eigenvalue weighted by atomic mass is 10.1. The molecule has 0 bridgehead atoms. The lowest BCUT2D eigenvalue weighted by Gasteiger charge is -2.10. The summed E-state index contributed by atoms with van der Waals surface area (Å²) in [5.74, 6) is 0.680. The lowest BCUT2D eigenvalue weighted by molar-refractivity contribution is -0.121. The van der Waals surface area contributed by atoms with E-state index in [4.69, 9.17) is 9.84 Å². The lowest BCUT2D eigenvalue weighted by Crippen LogP contribution is -2.35. The van der Waals surface area contributed by atoms with Gasteiger partial charge in [0.25, 0.3) is 0 Å². The highest BCUT2D eigenvalue weighted by molar-refractivity contribution is 5.78. The second-order valence-corrected chi connectivity index (χ2v) is 3.68. The minimum absolute atomic E-state index is 0.0473. The number of aliphatic hydroxyl groups excluding tert-OH is 1. The molecular formula is C12H17NO3. The van der Waals surface area contributed by atoms with Crippen LogP contribution in [0.1, 0.15) is 12.5 Å². The SMILES string of the molecule is COc1ccc(CC(=O)N[C@@H](C)CO)cc1. The number of benzene rings is 1. The van der Waals surface area contributed by atoms with Gasteiger partial charge in [0, 0.05) is 6.04 Å². The van der Waals surface area contributed by atoms with Crippen molar-refractivity contribution in [3.05, 3.63) is 29.8 Å². The van der Waals surface area contributed by atoms with E-state index in [2.05, 4.69) is 5.32 Å². The first kappa shape index (κ1) is 12.5. The Morgan fingerprint density at radius 1 is 1.44 bits per heavy atom. The summed E-state index contributed by atoms with van der Waals surface area (Å²) >= 11 is 0. The Hall–Kier alpha value is -1.55. The smallest absolute Gasteiger partial charge is 0.224 e. The van der Waals surface area contributed by atoms with Crippen molar-refractivity contribution in [2.24, 2.45) is 0 Å². The molecule has 0 saturated heterocycles. The fraction of sp³-hybridized carbons (Fsp3) is 0.417. The van der Waals surface area contributed by atoms with Gasteiger partial charge in [0.1, 0.15) is 5.75 Å². The van der Waals surface area contributed by atoms with Gasteiger partial charge < -0.3 is 15.2 Å². The summed E-state index contributed by atoms with van der Waals surface area (Å²) in [4.78, 5) is 11.5. The summed E-state index contributed by atoms with van der Waals surface area (Å²) in [5, 5.41) is 11.5. The van der Waals surface area contributed by atoms with Gasteiger partial charge in [0.05, 0.1) is 20.1 Å². The molecule has 0 aliphatic carbocycles. The quantitative estimate of drug-likeness (QED) is 0.774. The van der Waals surface area contributed by atoms with E-state index in [1.165, 1.54) is 0 Å². The van der Waals surface area contributed by atoms with Gasteiger partial charge in [-0.15, -0.1) is 0 Å². The summed E-state index contributed by atoms with van der Waals surface area (Å²) in [6.07, 6.45) is 0.314. The Balaban J connectivity index is 2.49. The molecule has 0 aliphatic rings. The predicted molar refractivity (Wildman–Crippen MR) is 61.4 cm³/mol. The van der Waals surface area contributed by atoms with Crippen LogP contribution in [0, 0.1) is 0 Å². The summed E-state index contributed by atoms with van der Waals surface area (Å²) in [6.45, 7) is 1.71. The topological polar surface area (TPSA) is 58.6 Å². The zero-order valence-electron chi connectivity index (χ0n) is 9.56. The van der Waals surface area contributed by atoms with Gasteiger partial charge in [0.15, 0.2) is 0 Å². The summed E-state index contributed by atoms with van der Waals surface area (Å²) in [6, 6.07) is 7.13. The Morgan fingerprint density at radius 3 is 2.56 bits per heavy atom. The monoisotopic (exact) mass is 223 g/mol. The number of hydrogen-bond donors (Lipinski definition) is 2. The Kier molecular flexibility index (Phi) is 4.79. The van der Waals surface area contributed by atoms with E-state index in [0.717, 1.165) is 11.3 Å². The van der Waals surface area contributed by atoms with Crippen molar-refractivity contribution in [2.45, 2.75) is 19.4 Å². The van der Waals surface area contributed by atoms with Gasteiger partial charge >= 0.3 is 0 Å². The molecule has 0 aromatic heterocycles. The normalized spacial score (nSPS) is 11.9. The van der Waals surface area contributed by atoms with Gasteiger partial charge in [-0.2, -0.15) is 0 Å². The average Bonchev–Trinajstić information content (AvgIpc) is 2.29. The maximum absolute atomic E-state index is 11.5. The van der Waals surface area contributed by atoms with Gasteiger partial charge in [-0.05, 0) is 24.6 Å². The van der Waals surface area contributed by atoms with E-state index >= 15 is 0 Å². The first-order valence-corrected chi connectivity index (χ1v) is 5.19. The van der Waals surface area contributed by atoms with Crippen molar-refractivity contribution >= 4 is 5.91 Å². The highest BCUT2D eigenvalue weighted by Gasteiger charge is 2.06. The van der Waals surface area contributed by atoms with Gasteiger partial charge in [-0.1, -0.05) is 12.1 Å². The minimum atomic E-state index is -0.203. The first-order chi connectivity index (χ1) is 7.65. The molecule has 4 heteroatoms. The Bertz CT molecular complexity index is 335. The molecule has 2 N–H and O–H groups in total. The summed E-state index contributed by atoms with van der Waals surface area (Å²) in [5.41, 5.74) is 0.920. The van der Waals surface area contributed by atoms with Crippen LogP contribution in [0.3, 0.4) is 0 Å². The first-order valence-electron chi connectivity index (χ1n) is 5.19. The molecule has 1 aromatic carbocycles. The Morgan fingerprint density at radius 2 is 2.06 bits per heavy atom. The zero-order chi connectivity index (χ0) is 12.0. The van der Waals surface area contributed by atoms with Crippen molar-refractivity contribution in [1.29, 1.82) is 0 Å². The maximum Gasteiger partial charge on any atom is 0.224 e. The van der Waals surface area contributed by atoms with Crippen LogP contribution in [0.4, 0.5) is 0 Å². The van der Waals surface area contributed by atoms with Crippen LogP contribution in [0.5, 0.6) is 5.75 Å². The second-order valence-electron chi connectivity index (χ2n) is 3.68. The Labute approximate surface area is 95.2 Å². The fourth-order valence-electron chi connectivity index (χ4n) is 1.30. The van der Waals surface area contributed by atoms with Crippen LogP contribution >= 0.6 is 0 Å². The van der Waals surface area contributed by atoms with E-state index in [9.17, 15) is 4.79 Å². The maximum atomic E-state index is 11.5. The summed E-state index contributed by atoms with van der Waals surface area (Å²) < 4.78 is 5.02. The highest BCUT2D eigenvalue weighted by Crippen LogP contribution is 2.11. The molecule has 1 rings (SSSR count). The molecule has 1 amide bonds. The van der Waals surface area contributed by atoms with Crippen LogP contribution < -0.4 is 10.1 Å². The van der Waals surface area contributed by atoms with Crippen molar-refractivity contribution in [2.75, 3.05) is 13.7 Å². The number of aliphatic hydroxyl groups is 1. The van der Waals surface area contributed by atoms with E-state index in [1.807, 2.05) is 24.3 Å². The molecule has 0 aliphatic heterocycles. The van der Waals surface area contributed by atoms with Crippen LogP contribution in [-0.2, 0) is 11.2 Å². The molecular weight excluding hydrogens is 206 g/mol. The van der Waals surface area contributed by atoms with Crippen LogP contribution in [0.15, 0.2) is 24.3 Å². The molecule has 0 radical (unpaired) electrons. The van der Waals surface area contributed by atoms with Crippen LogP contribution in [-0.4, -0.2) is 30.8 Å². The van der Waals surface area contributed by atoms with E-state index in [1.54, 1.807) is 14.0 Å². The molecule has 0 heterocycles. The number of carbonyl (C=O) groups is 1. The standard InChI is InChI=1S/C12H17NO3/c1-9(8-14)13-12(15)7-10-3-5-11(16-2)6-4-10/h3-6,9,14H,7-8H2,1-2H3,(H,13,15)/t9-/m0/s1. The van der Waals surface area contributed by atoms with Gasteiger partial charge in [-0.3, -0.25) is 4.79 Å². The van der Waals surface area contributed by atoms with Crippen molar-refractivity contribution in [3.8, 4) is 5.75 Å². The van der Waals surface area contributed by atoms with Crippen LogP contribution in [0.2, 0.25) is 0 Å². The number of nitrogens with one attached hydrogen (secondary N) is 1. The highest BCUT2D eigenvalue weighted by atomic mass is 16.5. The number of hydrogen-bond acceptors (Lipinski definition) is 3. The largest absolute Gasteiger partial charge is 0.497 e. The zero-order valence-corrected chi connectivity index (χ0v) is 9.56. The third-order valence-corrected chi connectivity index (χ3v) is 2.20. The predicted octanol–water partition coefficient (Wildman–Crippen LogP) is 0.735.